The van der Waals surface area contributed by atoms with E-state index in [1.165, 1.54) is 13.2 Å². The molecular weight excluding hydrogens is 498 g/mol. The van der Waals surface area contributed by atoms with E-state index in [1.807, 2.05) is 12.1 Å². The van der Waals surface area contributed by atoms with Crippen LogP contribution in [0.1, 0.15) is 11.1 Å². The number of imide groups is 1. The molecule has 7 nitrogen and oxygen atoms in total. The molecule has 1 fully saturated rings. The molecule has 0 aliphatic carbocycles. The van der Waals surface area contributed by atoms with Crippen molar-refractivity contribution in [2.24, 2.45) is 0 Å². The Morgan fingerprint density at radius 2 is 1.93 bits per heavy atom. The van der Waals surface area contributed by atoms with Gasteiger partial charge in [-0.05, 0) is 53.2 Å². The Hall–Kier alpha value is -2.49. The van der Waals surface area contributed by atoms with Crippen LogP contribution in [-0.4, -0.2) is 40.8 Å². The molecule has 1 aliphatic heterocycles. The zero-order chi connectivity index (χ0) is 21.8. The van der Waals surface area contributed by atoms with Gasteiger partial charge in [-0.25, -0.2) is 0 Å². The molecule has 1 saturated heterocycles. The molecule has 0 saturated carbocycles. The van der Waals surface area contributed by atoms with Gasteiger partial charge in [0.15, 0.2) is 11.5 Å². The largest absolute Gasteiger partial charge is 0.493 e. The van der Waals surface area contributed by atoms with Crippen LogP contribution in [0, 0.1) is 0 Å². The summed E-state index contributed by atoms with van der Waals surface area (Å²) in [5, 5.41) is 8.87. The van der Waals surface area contributed by atoms with Crippen molar-refractivity contribution < 1.29 is 29.0 Å². The number of hydrogen-bond acceptors (Lipinski definition) is 6. The fourth-order valence-corrected chi connectivity index (χ4v) is 3.98. The Balaban J connectivity index is 1.82. The van der Waals surface area contributed by atoms with Crippen molar-refractivity contribution in [3.8, 4) is 11.5 Å². The van der Waals surface area contributed by atoms with Gasteiger partial charge in [0.25, 0.3) is 11.1 Å². The number of thioether (sulfide) groups is 1. The van der Waals surface area contributed by atoms with Crippen molar-refractivity contribution in [1.29, 1.82) is 0 Å². The lowest BCUT2D eigenvalue weighted by atomic mass is 10.1. The molecule has 0 spiro atoms. The number of carbonyl (C=O) groups is 3. The Bertz CT molecular complexity index is 1040. The van der Waals surface area contributed by atoms with Crippen LogP contribution in [0.3, 0.4) is 0 Å². The fraction of sp³-hybridized carbons (Fsp3) is 0.150. The van der Waals surface area contributed by atoms with E-state index in [1.54, 1.807) is 24.3 Å². The number of benzene rings is 2. The molecule has 2 amide bonds. The minimum absolute atomic E-state index is 0.124. The van der Waals surface area contributed by atoms with E-state index >= 15 is 0 Å². The molecule has 30 heavy (non-hydrogen) atoms. The second kappa shape index (κ2) is 9.55. The van der Waals surface area contributed by atoms with Gasteiger partial charge >= 0.3 is 5.97 Å². The highest BCUT2D eigenvalue weighted by Crippen LogP contribution is 2.38. The lowest BCUT2D eigenvalue weighted by Gasteiger charge is -2.13. The van der Waals surface area contributed by atoms with Gasteiger partial charge in [-0.2, -0.15) is 0 Å². The zero-order valence-corrected chi connectivity index (χ0v) is 18.7. The van der Waals surface area contributed by atoms with E-state index in [0.717, 1.165) is 5.56 Å². The highest BCUT2D eigenvalue weighted by molar-refractivity contribution is 9.10. The van der Waals surface area contributed by atoms with Crippen LogP contribution in [0.2, 0.25) is 5.02 Å². The van der Waals surface area contributed by atoms with Crippen LogP contribution < -0.4 is 9.47 Å². The standard InChI is InChI=1S/C20H15BrClNO6S/c1-28-15-6-12(7-17-19(26)23(9-18(24)25)20(27)30-17)14(21)8-16(15)29-10-11-2-4-13(22)5-3-11/h2-8H,9-10H2,1H3,(H,24,25)/b17-7+. The third-order valence-corrected chi connectivity index (χ3v) is 5.89. The molecule has 3 rings (SSSR count). The average molecular weight is 513 g/mol. The molecule has 10 heteroatoms. The topological polar surface area (TPSA) is 93.1 Å². The maximum atomic E-state index is 12.3. The number of carboxylic acid groups (broad SMARTS) is 1. The molecule has 1 aliphatic rings. The SMILES string of the molecule is COc1cc(/C=C2/SC(=O)N(CC(=O)O)C2=O)c(Br)cc1OCc1ccc(Cl)cc1. The van der Waals surface area contributed by atoms with Gasteiger partial charge < -0.3 is 14.6 Å². The predicted octanol–water partition coefficient (Wildman–Crippen LogP) is 4.81. The lowest BCUT2D eigenvalue weighted by molar-refractivity contribution is -0.140. The van der Waals surface area contributed by atoms with E-state index in [0.29, 0.717) is 49.8 Å². The van der Waals surface area contributed by atoms with E-state index in [9.17, 15) is 14.4 Å². The number of ether oxygens (including phenoxy) is 2. The summed E-state index contributed by atoms with van der Waals surface area (Å²) >= 11 is 10.0. The first-order valence-electron chi connectivity index (χ1n) is 8.50. The summed E-state index contributed by atoms with van der Waals surface area (Å²) in [6.07, 6.45) is 1.50. The van der Waals surface area contributed by atoms with Crippen LogP contribution in [-0.2, 0) is 16.2 Å². The fourth-order valence-electron chi connectivity index (χ4n) is 2.59. The zero-order valence-electron chi connectivity index (χ0n) is 15.6. The molecule has 2 aromatic rings. The Kier molecular flexibility index (Phi) is 7.06. The molecule has 0 bridgehead atoms. The van der Waals surface area contributed by atoms with Gasteiger partial charge in [0.05, 0.1) is 12.0 Å². The summed E-state index contributed by atoms with van der Waals surface area (Å²) in [6, 6.07) is 10.6. The molecule has 0 unspecified atom stereocenters. The van der Waals surface area contributed by atoms with E-state index in [2.05, 4.69) is 15.9 Å². The lowest BCUT2D eigenvalue weighted by Crippen LogP contribution is -2.33. The number of methoxy groups -OCH3 is 1. The van der Waals surface area contributed by atoms with Crippen molar-refractivity contribution in [3.05, 3.63) is 61.9 Å². The van der Waals surface area contributed by atoms with Crippen molar-refractivity contribution >= 4 is 62.5 Å². The summed E-state index contributed by atoms with van der Waals surface area (Å²) in [5.74, 6) is -0.997. The highest BCUT2D eigenvalue weighted by atomic mass is 79.9. The summed E-state index contributed by atoms with van der Waals surface area (Å²) < 4.78 is 11.8. The van der Waals surface area contributed by atoms with Gasteiger partial charge in [0.2, 0.25) is 0 Å². The summed E-state index contributed by atoms with van der Waals surface area (Å²) in [6.45, 7) is -0.378. The van der Waals surface area contributed by atoms with Crippen LogP contribution in [0.4, 0.5) is 4.79 Å². The Labute approximate surface area is 189 Å². The molecular formula is C20H15BrClNO6S. The maximum Gasteiger partial charge on any atom is 0.323 e. The smallest absolute Gasteiger partial charge is 0.323 e. The van der Waals surface area contributed by atoms with E-state index in [-0.39, 0.29) is 4.91 Å². The minimum atomic E-state index is -1.26. The number of hydrogen-bond donors (Lipinski definition) is 1. The Morgan fingerprint density at radius 3 is 2.57 bits per heavy atom. The van der Waals surface area contributed by atoms with Crippen LogP contribution >= 0.6 is 39.3 Å². The Morgan fingerprint density at radius 1 is 1.23 bits per heavy atom. The van der Waals surface area contributed by atoms with E-state index < -0.39 is 23.7 Å². The number of aliphatic carboxylic acids is 1. The van der Waals surface area contributed by atoms with Gasteiger partial charge in [-0.3, -0.25) is 19.3 Å². The normalized spacial score (nSPS) is 15.0. The molecule has 0 aromatic heterocycles. The minimum Gasteiger partial charge on any atom is -0.493 e. The molecule has 1 N–H and O–H groups in total. The first-order valence-corrected chi connectivity index (χ1v) is 10.5. The number of carbonyl (C=O) groups excluding carboxylic acids is 2. The van der Waals surface area contributed by atoms with Crippen LogP contribution in [0.25, 0.3) is 6.08 Å². The first kappa shape index (κ1) is 22.2. The number of halogens is 2. The van der Waals surface area contributed by atoms with Gasteiger partial charge in [0.1, 0.15) is 13.2 Å². The van der Waals surface area contributed by atoms with Gasteiger partial charge in [-0.1, -0.05) is 39.7 Å². The second-order valence-electron chi connectivity index (χ2n) is 6.10. The van der Waals surface area contributed by atoms with Crippen LogP contribution in [0.5, 0.6) is 11.5 Å². The average Bonchev–Trinajstić information content (AvgIpc) is 2.96. The number of amides is 2. The number of nitrogens with zero attached hydrogens (tertiary/aromatic N) is 1. The molecule has 0 atom stereocenters. The van der Waals surface area contributed by atoms with Crippen molar-refractivity contribution in [2.45, 2.75) is 6.61 Å². The van der Waals surface area contributed by atoms with Crippen LogP contribution in [0.15, 0.2) is 45.8 Å². The second-order valence-corrected chi connectivity index (χ2v) is 8.39. The molecule has 2 aromatic carbocycles. The number of carboxylic acids is 1. The van der Waals surface area contributed by atoms with Gasteiger partial charge in [0, 0.05) is 9.50 Å². The summed E-state index contributed by atoms with van der Waals surface area (Å²) in [4.78, 5) is 35.9. The molecule has 156 valence electrons. The van der Waals surface area contributed by atoms with E-state index in [4.69, 9.17) is 26.2 Å². The summed E-state index contributed by atoms with van der Waals surface area (Å²) in [5.41, 5.74) is 1.50. The van der Waals surface area contributed by atoms with Crippen molar-refractivity contribution in [3.63, 3.8) is 0 Å². The monoisotopic (exact) mass is 511 g/mol. The predicted molar refractivity (Wildman–Crippen MR) is 117 cm³/mol. The van der Waals surface area contributed by atoms with Crippen molar-refractivity contribution in [2.75, 3.05) is 13.7 Å². The molecule has 1 heterocycles. The quantitative estimate of drug-likeness (QED) is 0.532. The highest BCUT2D eigenvalue weighted by Gasteiger charge is 2.36. The molecule has 0 radical (unpaired) electrons. The first-order chi connectivity index (χ1) is 14.3. The third kappa shape index (κ3) is 5.16. The summed E-state index contributed by atoms with van der Waals surface area (Å²) in [7, 11) is 1.49. The maximum absolute atomic E-state index is 12.3. The third-order valence-electron chi connectivity index (χ3n) is 4.04. The number of rotatable bonds is 7. The van der Waals surface area contributed by atoms with Gasteiger partial charge in [-0.15, -0.1) is 0 Å². The van der Waals surface area contributed by atoms with Crippen molar-refractivity contribution in [1.82, 2.24) is 4.90 Å².